The molecule has 1 aromatic carbocycles. The minimum Gasteiger partial charge on any atom is -0.334 e. The number of allylic oxidation sites excluding steroid dienone is 2. The van der Waals surface area contributed by atoms with E-state index >= 15 is 0 Å². The Morgan fingerprint density at radius 1 is 1.32 bits per heavy atom. The van der Waals surface area contributed by atoms with Gasteiger partial charge in [-0.15, -0.1) is 0 Å². The molecule has 0 fully saturated rings. The van der Waals surface area contributed by atoms with Crippen LogP contribution < -0.4 is 5.32 Å². The van der Waals surface area contributed by atoms with Crippen LogP contribution >= 0.6 is 39.1 Å². The Hall–Kier alpha value is -2.09. The fourth-order valence-corrected chi connectivity index (χ4v) is 2.99. The first-order valence-electron chi connectivity index (χ1n) is 7.08. The fourth-order valence-electron chi connectivity index (χ4n) is 2.37. The summed E-state index contributed by atoms with van der Waals surface area (Å²) in [6.45, 7) is 1.90. The second-order valence-corrected chi connectivity index (χ2v) is 7.10. The number of rotatable bonds is 3. The summed E-state index contributed by atoms with van der Waals surface area (Å²) in [6.07, 6.45) is 5.23. The van der Waals surface area contributed by atoms with Crippen LogP contribution in [-0.2, 0) is 0 Å². The lowest BCUT2D eigenvalue weighted by Crippen LogP contribution is -2.34. The van der Waals surface area contributed by atoms with Gasteiger partial charge in [-0.3, -0.25) is 15.0 Å². The molecule has 2 heterocycles. The van der Waals surface area contributed by atoms with E-state index in [-0.39, 0.29) is 21.7 Å². The average molecular weight is 442 g/mol. The number of halogens is 3. The molecule has 9 heteroatoms. The molecule has 2 aliphatic rings. The highest BCUT2D eigenvalue weighted by atomic mass is 79.9. The lowest BCUT2D eigenvalue weighted by atomic mass is 10.1. The van der Waals surface area contributed by atoms with Crippen LogP contribution in [0.5, 0.6) is 0 Å². The van der Waals surface area contributed by atoms with Crippen molar-refractivity contribution in [3.8, 4) is 0 Å². The van der Waals surface area contributed by atoms with Gasteiger partial charge < -0.3 is 5.32 Å². The number of nitro groups is 1. The molecule has 0 amide bonds. The molecule has 25 heavy (non-hydrogen) atoms. The van der Waals surface area contributed by atoms with Crippen molar-refractivity contribution < 1.29 is 4.92 Å². The molecule has 0 unspecified atom stereocenters. The molecule has 0 radical (unpaired) electrons. The Kier molecular flexibility index (Phi) is 4.99. The number of nitrogens with one attached hydrogen (secondary N) is 1. The Morgan fingerprint density at radius 2 is 2.00 bits per heavy atom. The molecule has 2 aliphatic heterocycles. The van der Waals surface area contributed by atoms with Crippen LogP contribution in [0, 0.1) is 10.1 Å². The van der Waals surface area contributed by atoms with Crippen LogP contribution in [0.4, 0.5) is 5.69 Å². The largest absolute Gasteiger partial charge is 0.338 e. The van der Waals surface area contributed by atoms with Crippen LogP contribution in [-0.4, -0.2) is 15.7 Å². The second-order valence-electron chi connectivity index (χ2n) is 5.24. The Labute approximate surface area is 162 Å². The maximum Gasteiger partial charge on any atom is 0.338 e. The van der Waals surface area contributed by atoms with E-state index in [4.69, 9.17) is 23.2 Å². The molecule has 1 aromatic rings. The summed E-state index contributed by atoms with van der Waals surface area (Å²) in [5, 5.41) is 14.6. The quantitative estimate of drug-likeness (QED) is 0.520. The summed E-state index contributed by atoms with van der Waals surface area (Å²) in [5.74, 6) is 0.547. The van der Waals surface area contributed by atoms with Gasteiger partial charge in [0.05, 0.1) is 4.92 Å². The van der Waals surface area contributed by atoms with E-state index in [0.29, 0.717) is 11.5 Å². The van der Waals surface area contributed by atoms with Gasteiger partial charge in [0.25, 0.3) is 0 Å². The molecule has 0 aromatic heterocycles. The van der Waals surface area contributed by atoms with Gasteiger partial charge in [-0.05, 0) is 48.9 Å². The zero-order valence-electron chi connectivity index (χ0n) is 12.8. The van der Waals surface area contributed by atoms with Gasteiger partial charge >= 0.3 is 5.70 Å². The van der Waals surface area contributed by atoms with Crippen molar-refractivity contribution in [3.63, 3.8) is 0 Å². The van der Waals surface area contributed by atoms with Gasteiger partial charge in [0.15, 0.2) is 5.70 Å². The summed E-state index contributed by atoms with van der Waals surface area (Å²) in [4.78, 5) is 17.0. The molecular formula is C16H11BrCl2N4O2. The number of anilines is 1. The zero-order valence-corrected chi connectivity index (χ0v) is 15.9. The highest BCUT2D eigenvalue weighted by Crippen LogP contribution is 2.34. The fraction of sp³-hybridized carbons (Fsp3) is 0.0625. The highest BCUT2D eigenvalue weighted by Gasteiger charge is 2.37. The first kappa shape index (κ1) is 17.7. The van der Waals surface area contributed by atoms with Crippen molar-refractivity contribution in [1.29, 1.82) is 0 Å². The second kappa shape index (κ2) is 7.03. The molecule has 3 rings (SSSR count). The minimum absolute atomic E-state index is 0.0618. The van der Waals surface area contributed by atoms with Crippen molar-refractivity contribution in [2.75, 3.05) is 5.32 Å². The van der Waals surface area contributed by atoms with Gasteiger partial charge in [-0.25, -0.2) is 4.99 Å². The van der Waals surface area contributed by atoms with E-state index in [2.05, 4.69) is 26.2 Å². The summed E-state index contributed by atoms with van der Waals surface area (Å²) < 4.78 is 0.676. The van der Waals surface area contributed by atoms with Gasteiger partial charge in [0.2, 0.25) is 5.82 Å². The Bertz CT molecular complexity index is 897. The van der Waals surface area contributed by atoms with Crippen LogP contribution in [0.2, 0.25) is 0 Å². The van der Waals surface area contributed by atoms with Crippen LogP contribution in [0.3, 0.4) is 0 Å². The lowest BCUT2D eigenvalue weighted by Gasteiger charge is -2.29. The molecular weight excluding hydrogens is 431 g/mol. The van der Waals surface area contributed by atoms with E-state index in [1.165, 1.54) is 4.90 Å². The minimum atomic E-state index is -0.555. The summed E-state index contributed by atoms with van der Waals surface area (Å²) in [6, 6.07) is 7.18. The van der Waals surface area contributed by atoms with Crippen molar-refractivity contribution in [2.24, 2.45) is 4.99 Å². The first-order chi connectivity index (χ1) is 11.9. The number of aliphatic imine (C=N–C) groups is 1. The maximum absolute atomic E-state index is 11.7. The number of hydrogen-bond donors (Lipinski definition) is 1. The van der Waals surface area contributed by atoms with E-state index in [9.17, 15) is 10.1 Å². The van der Waals surface area contributed by atoms with E-state index in [0.717, 1.165) is 10.0 Å². The van der Waals surface area contributed by atoms with Crippen LogP contribution in [0.15, 0.2) is 79.4 Å². The number of amidine groups is 1. The monoisotopic (exact) mass is 440 g/mol. The number of nitrogens with zero attached hydrogens (tertiary/aromatic N) is 3. The average Bonchev–Trinajstić information content (AvgIpc) is 2.55. The Morgan fingerprint density at radius 3 is 2.60 bits per heavy atom. The molecule has 0 aliphatic carbocycles. The van der Waals surface area contributed by atoms with Gasteiger partial charge in [-0.2, -0.15) is 0 Å². The molecule has 0 bridgehead atoms. The predicted molar refractivity (Wildman–Crippen MR) is 103 cm³/mol. The molecule has 6 nitrogen and oxygen atoms in total. The third-order valence-corrected chi connectivity index (χ3v) is 4.36. The highest BCUT2D eigenvalue weighted by molar-refractivity contribution is 9.10. The van der Waals surface area contributed by atoms with Gasteiger partial charge in [0.1, 0.15) is 10.3 Å². The summed E-state index contributed by atoms with van der Waals surface area (Å²) in [5.41, 5.74) is 1.36. The first-order valence-corrected chi connectivity index (χ1v) is 8.63. The molecule has 128 valence electrons. The maximum atomic E-state index is 11.7. The van der Waals surface area contributed by atoms with Crippen LogP contribution in [0.25, 0.3) is 0 Å². The Balaban J connectivity index is 2.15. The van der Waals surface area contributed by atoms with Gasteiger partial charge in [0, 0.05) is 16.4 Å². The SMILES string of the molecule is CC1=CC2=NC(Nc3ccc(Br)cc3)=C([N+](=O)[O-])C(=C(Cl)Cl)N2C=C1. The van der Waals surface area contributed by atoms with Crippen molar-refractivity contribution in [1.82, 2.24) is 4.90 Å². The third-order valence-electron chi connectivity index (χ3n) is 3.47. The predicted octanol–water partition coefficient (Wildman–Crippen LogP) is 5.14. The van der Waals surface area contributed by atoms with E-state index in [1.54, 1.807) is 30.5 Å². The number of hydrogen-bond acceptors (Lipinski definition) is 5. The number of benzene rings is 1. The molecule has 1 N–H and O–H groups in total. The van der Waals surface area contributed by atoms with Crippen molar-refractivity contribution in [3.05, 3.63) is 84.5 Å². The molecule has 0 saturated heterocycles. The molecule has 0 saturated carbocycles. The van der Waals surface area contributed by atoms with E-state index in [1.807, 2.05) is 19.1 Å². The molecule has 0 atom stereocenters. The summed E-state index contributed by atoms with van der Waals surface area (Å²) in [7, 11) is 0. The summed E-state index contributed by atoms with van der Waals surface area (Å²) >= 11 is 15.3. The normalized spacial score (nSPS) is 16.3. The smallest absolute Gasteiger partial charge is 0.334 e. The third kappa shape index (κ3) is 3.63. The van der Waals surface area contributed by atoms with Crippen molar-refractivity contribution in [2.45, 2.75) is 6.92 Å². The zero-order chi connectivity index (χ0) is 18.1. The lowest BCUT2D eigenvalue weighted by molar-refractivity contribution is -0.423. The van der Waals surface area contributed by atoms with Crippen LogP contribution in [0.1, 0.15) is 6.92 Å². The number of fused-ring (bicyclic) bond motifs is 1. The standard InChI is InChI=1S/C16H11BrCl2N4O2/c1-9-6-7-22-12(8-9)21-16(14(23(24)25)13(22)15(18)19)20-11-4-2-10(17)3-5-11/h2-8,20H,1H3. The topological polar surface area (TPSA) is 70.8 Å². The van der Waals surface area contributed by atoms with E-state index < -0.39 is 4.92 Å². The van der Waals surface area contributed by atoms with Crippen molar-refractivity contribution >= 4 is 50.7 Å². The molecule has 0 spiro atoms. The van der Waals surface area contributed by atoms with Gasteiger partial charge in [-0.1, -0.05) is 39.1 Å².